The molecular weight excluding hydrogens is 520 g/mol. The number of hydrogen-bond donors (Lipinski definition) is 3. The molecule has 3 N–H and O–H groups in total. The zero-order valence-corrected chi connectivity index (χ0v) is 23.9. The van der Waals surface area contributed by atoms with Crippen LogP contribution in [0.5, 0.6) is 5.88 Å². The molecule has 1 unspecified atom stereocenters. The van der Waals surface area contributed by atoms with Gasteiger partial charge in [0.25, 0.3) is 5.91 Å². The van der Waals surface area contributed by atoms with Gasteiger partial charge in [0.2, 0.25) is 5.88 Å². The van der Waals surface area contributed by atoms with Crippen molar-refractivity contribution >= 4 is 17.9 Å². The smallest absolute Gasteiger partial charge is 0.251 e. The van der Waals surface area contributed by atoms with Crippen LogP contribution in [-0.2, 0) is 9.47 Å². The molecule has 1 aromatic heterocycles. The number of nitrogens with one attached hydrogen (secondary N) is 3. The van der Waals surface area contributed by atoms with E-state index in [1.165, 1.54) is 6.21 Å². The second-order valence-corrected chi connectivity index (χ2v) is 11.9. The summed E-state index contributed by atoms with van der Waals surface area (Å²) in [5.41, 5.74) is 2.42. The van der Waals surface area contributed by atoms with E-state index in [9.17, 15) is 4.79 Å². The molecule has 1 amide bonds. The van der Waals surface area contributed by atoms with Crippen LogP contribution in [0.15, 0.2) is 24.3 Å². The lowest BCUT2D eigenvalue weighted by atomic mass is 9.95. The quantitative estimate of drug-likeness (QED) is 0.356. The first-order valence-electron chi connectivity index (χ1n) is 15.2. The minimum absolute atomic E-state index is 0.0370. The number of benzene rings is 1. The number of aryl methyl sites for hydroxylation is 1. The number of nitrogens with zero attached hydrogens (tertiary/aromatic N) is 3. The monoisotopic (exact) mass is 562 g/mol. The van der Waals surface area contributed by atoms with Crippen LogP contribution >= 0.6 is 0 Å². The predicted molar refractivity (Wildman–Crippen MR) is 156 cm³/mol. The molecule has 41 heavy (non-hydrogen) atoms. The van der Waals surface area contributed by atoms with E-state index in [0.717, 1.165) is 95.7 Å². The molecule has 3 aliphatic heterocycles. The van der Waals surface area contributed by atoms with Gasteiger partial charge in [-0.3, -0.25) is 9.69 Å². The number of likely N-dealkylation sites (tertiary alicyclic amines) is 1. The summed E-state index contributed by atoms with van der Waals surface area (Å²) in [6, 6.07) is 8.49. The molecule has 2 aromatic rings. The zero-order chi connectivity index (χ0) is 28.2. The first kappa shape index (κ1) is 28.1. The van der Waals surface area contributed by atoms with Gasteiger partial charge in [-0.2, -0.15) is 4.98 Å². The first-order valence-corrected chi connectivity index (χ1v) is 15.2. The number of hydrogen-bond acceptors (Lipinski definition) is 9. The zero-order valence-electron chi connectivity index (χ0n) is 23.9. The van der Waals surface area contributed by atoms with E-state index >= 15 is 0 Å². The van der Waals surface area contributed by atoms with Crippen molar-refractivity contribution in [3.8, 4) is 5.88 Å². The van der Waals surface area contributed by atoms with Crippen molar-refractivity contribution in [2.45, 2.75) is 69.6 Å². The highest BCUT2D eigenvalue weighted by atomic mass is 16.5. The number of ether oxygens (including phenoxy) is 3. The van der Waals surface area contributed by atoms with Crippen LogP contribution in [0.3, 0.4) is 0 Å². The normalized spacial score (nSPS) is 21.6. The van der Waals surface area contributed by atoms with Crippen molar-refractivity contribution < 1.29 is 19.0 Å². The maximum atomic E-state index is 12.7. The number of amides is 1. The third kappa shape index (κ3) is 7.05. The van der Waals surface area contributed by atoms with Crippen molar-refractivity contribution in [2.24, 2.45) is 5.92 Å². The van der Waals surface area contributed by atoms with E-state index < -0.39 is 5.92 Å². The Kier molecular flexibility index (Phi) is 8.78. The lowest BCUT2D eigenvalue weighted by molar-refractivity contribution is -0.0780. The molecule has 0 radical (unpaired) electrons. The largest absolute Gasteiger partial charge is 0.474 e. The van der Waals surface area contributed by atoms with Crippen LogP contribution in [-0.4, -0.2) is 91.2 Å². The standard InChI is InChI=1S/C31H42N6O4/c1-20-14-22(2-5-26(20)31(38)34-23-3-4-23)27(16-32)30-35-28(33-17-21-8-12-39-13-9-21)15-29(36-30)41-25-6-10-37(11-7-25)24-18-40-19-24/h2,5,14-16,21,23-25,27,32H,3-4,6-13,17-19H2,1H3,(H,34,38)(H,33,35,36). The van der Waals surface area contributed by atoms with E-state index in [2.05, 4.69) is 15.5 Å². The van der Waals surface area contributed by atoms with Crippen molar-refractivity contribution in [1.82, 2.24) is 20.2 Å². The molecule has 3 saturated heterocycles. The number of carbonyl (C=O) groups is 1. The van der Waals surface area contributed by atoms with E-state index in [1.807, 2.05) is 31.2 Å². The third-order valence-electron chi connectivity index (χ3n) is 8.75. The summed E-state index contributed by atoms with van der Waals surface area (Å²) < 4.78 is 17.4. The van der Waals surface area contributed by atoms with Gasteiger partial charge in [0.15, 0.2) is 0 Å². The minimum Gasteiger partial charge on any atom is -0.474 e. The van der Waals surface area contributed by atoms with Crippen LogP contribution in [0.2, 0.25) is 0 Å². The van der Waals surface area contributed by atoms with E-state index in [4.69, 9.17) is 29.6 Å². The molecule has 1 atom stereocenters. The molecule has 220 valence electrons. The molecule has 1 aromatic carbocycles. The van der Waals surface area contributed by atoms with E-state index in [0.29, 0.717) is 41.1 Å². The summed E-state index contributed by atoms with van der Waals surface area (Å²) in [6.07, 6.45) is 7.50. The van der Waals surface area contributed by atoms with Crippen LogP contribution in [0, 0.1) is 18.3 Å². The minimum atomic E-state index is -0.457. The van der Waals surface area contributed by atoms with Crippen molar-refractivity contribution in [2.75, 3.05) is 51.4 Å². The van der Waals surface area contributed by atoms with Crippen molar-refractivity contribution in [3.63, 3.8) is 0 Å². The van der Waals surface area contributed by atoms with Crippen LogP contribution in [0.4, 0.5) is 5.82 Å². The topological polar surface area (TPSA) is 122 Å². The molecule has 10 heteroatoms. The SMILES string of the molecule is Cc1cc(C(C=N)c2nc(NCC3CCOCC3)cc(OC3CCN(C4COC4)CC3)n2)ccc1C(=O)NC1CC1. The molecule has 4 aliphatic rings. The number of carbonyl (C=O) groups excluding carboxylic acids is 1. The van der Waals surface area contributed by atoms with Gasteiger partial charge in [0.05, 0.1) is 25.2 Å². The van der Waals surface area contributed by atoms with Gasteiger partial charge in [-0.1, -0.05) is 12.1 Å². The van der Waals surface area contributed by atoms with Crippen LogP contribution in [0.1, 0.15) is 71.8 Å². The lowest BCUT2D eigenvalue weighted by Crippen LogP contribution is -2.52. The highest BCUT2D eigenvalue weighted by molar-refractivity contribution is 5.96. The van der Waals surface area contributed by atoms with Crippen LogP contribution in [0.25, 0.3) is 0 Å². The Morgan fingerprint density at radius 3 is 2.54 bits per heavy atom. The number of anilines is 1. The van der Waals surface area contributed by atoms with Gasteiger partial charge in [-0.25, -0.2) is 4.98 Å². The maximum Gasteiger partial charge on any atom is 0.251 e. The van der Waals surface area contributed by atoms with Crippen molar-refractivity contribution in [1.29, 1.82) is 5.41 Å². The summed E-state index contributed by atoms with van der Waals surface area (Å²) in [5.74, 6) is 1.81. The summed E-state index contributed by atoms with van der Waals surface area (Å²) in [6.45, 7) is 7.99. The highest BCUT2D eigenvalue weighted by Gasteiger charge is 2.31. The average Bonchev–Trinajstić information content (AvgIpc) is 3.77. The van der Waals surface area contributed by atoms with E-state index in [1.54, 1.807) is 0 Å². The fraction of sp³-hybridized carbons (Fsp3) is 0.613. The highest BCUT2D eigenvalue weighted by Crippen LogP contribution is 2.29. The molecule has 10 nitrogen and oxygen atoms in total. The molecule has 1 aliphatic carbocycles. The lowest BCUT2D eigenvalue weighted by Gasteiger charge is -2.41. The fourth-order valence-electron chi connectivity index (χ4n) is 5.84. The molecule has 0 bridgehead atoms. The molecule has 1 saturated carbocycles. The Hall–Kier alpha value is -3.08. The van der Waals surface area contributed by atoms with Gasteiger partial charge in [0.1, 0.15) is 17.7 Å². The van der Waals surface area contributed by atoms with Gasteiger partial charge >= 0.3 is 0 Å². The second-order valence-electron chi connectivity index (χ2n) is 11.9. The number of aromatic nitrogens is 2. The number of rotatable bonds is 11. The summed E-state index contributed by atoms with van der Waals surface area (Å²) in [4.78, 5) is 24.9. The summed E-state index contributed by atoms with van der Waals surface area (Å²) >= 11 is 0. The predicted octanol–water partition coefficient (Wildman–Crippen LogP) is 3.54. The summed E-state index contributed by atoms with van der Waals surface area (Å²) in [7, 11) is 0. The summed E-state index contributed by atoms with van der Waals surface area (Å²) in [5, 5.41) is 14.9. The van der Waals surface area contributed by atoms with Crippen molar-refractivity contribution in [3.05, 3.63) is 46.8 Å². The molecule has 0 spiro atoms. The third-order valence-corrected chi connectivity index (χ3v) is 8.75. The Morgan fingerprint density at radius 2 is 1.88 bits per heavy atom. The van der Waals surface area contributed by atoms with Gasteiger partial charge in [-0.15, -0.1) is 0 Å². The average molecular weight is 563 g/mol. The van der Waals surface area contributed by atoms with Gasteiger partial charge in [0, 0.05) is 56.7 Å². The molecule has 6 rings (SSSR count). The molecule has 4 fully saturated rings. The second kappa shape index (κ2) is 12.8. The Bertz CT molecular complexity index is 1220. The number of piperidine rings is 1. The van der Waals surface area contributed by atoms with Crippen LogP contribution < -0.4 is 15.4 Å². The molecule has 4 heterocycles. The molecular formula is C31H42N6O4. The Balaban J connectivity index is 1.20. The van der Waals surface area contributed by atoms with Gasteiger partial charge < -0.3 is 30.3 Å². The van der Waals surface area contributed by atoms with E-state index in [-0.39, 0.29) is 12.0 Å². The maximum absolute atomic E-state index is 12.7. The first-order chi connectivity index (χ1) is 20.1. The fourth-order valence-corrected chi connectivity index (χ4v) is 5.84. The Labute approximate surface area is 242 Å². The Morgan fingerprint density at radius 1 is 1.10 bits per heavy atom. The van der Waals surface area contributed by atoms with Gasteiger partial charge in [-0.05, 0) is 68.6 Å².